The van der Waals surface area contributed by atoms with Gasteiger partial charge in [-0.25, -0.2) is 9.86 Å². The summed E-state index contributed by atoms with van der Waals surface area (Å²) in [6, 6.07) is 9.52. The van der Waals surface area contributed by atoms with Gasteiger partial charge in [-0.05, 0) is 56.8 Å². The van der Waals surface area contributed by atoms with E-state index in [9.17, 15) is 9.59 Å². The highest BCUT2D eigenvalue weighted by Crippen LogP contribution is 2.39. The predicted octanol–water partition coefficient (Wildman–Crippen LogP) is 6.75. The van der Waals surface area contributed by atoms with Gasteiger partial charge in [-0.1, -0.05) is 83.2 Å². The largest absolute Gasteiger partial charge is 0.410 e. The van der Waals surface area contributed by atoms with E-state index in [1.807, 2.05) is 51.1 Å². The first-order valence-electron chi connectivity index (χ1n) is 14.3. The Balaban J connectivity index is 2.52. The van der Waals surface area contributed by atoms with Gasteiger partial charge < -0.3 is 14.6 Å². The van der Waals surface area contributed by atoms with Gasteiger partial charge in [0.15, 0.2) is 8.32 Å². The third-order valence-corrected chi connectivity index (χ3v) is 12.4. The quantitative estimate of drug-likeness (QED) is 0.179. The Bertz CT molecular complexity index is 860. The van der Waals surface area contributed by atoms with Gasteiger partial charge in [0.1, 0.15) is 0 Å². The fourth-order valence-electron chi connectivity index (χ4n) is 4.86. The highest BCUT2D eigenvalue weighted by molar-refractivity contribution is 6.74. The van der Waals surface area contributed by atoms with E-state index in [4.69, 9.17) is 9.26 Å². The number of nitrogens with zero attached hydrogens (tertiary/aromatic N) is 2. The molecule has 0 aliphatic heterocycles. The summed E-state index contributed by atoms with van der Waals surface area (Å²) in [5.41, 5.74) is 0.502. The maximum atomic E-state index is 13.2. The SMILES string of the molecule is CNC(=O)N(Cc1ccccc1)CC(O[Si](C)(C)C(C)(C)C)C(CC1CCCCC1)N(C=O)OC(C)(C)C. The van der Waals surface area contributed by atoms with E-state index in [2.05, 4.69) is 39.2 Å². The van der Waals surface area contributed by atoms with Gasteiger partial charge in [0.2, 0.25) is 6.41 Å². The number of hydrogen-bond acceptors (Lipinski definition) is 4. The molecule has 1 aliphatic rings. The van der Waals surface area contributed by atoms with Gasteiger partial charge in [-0.2, -0.15) is 0 Å². The lowest BCUT2D eigenvalue weighted by molar-refractivity contribution is -0.245. The normalized spacial score (nSPS) is 17.0. The van der Waals surface area contributed by atoms with Crippen LogP contribution in [0.25, 0.3) is 0 Å². The van der Waals surface area contributed by atoms with Crippen molar-refractivity contribution < 1.29 is 18.9 Å². The zero-order chi connectivity index (χ0) is 28.6. The molecule has 2 atom stereocenters. The fourth-order valence-corrected chi connectivity index (χ4v) is 6.20. The summed E-state index contributed by atoms with van der Waals surface area (Å²) < 4.78 is 7.10. The van der Waals surface area contributed by atoms with E-state index in [1.54, 1.807) is 11.9 Å². The molecule has 0 spiro atoms. The van der Waals surface area contributed by atoms with E-state index >= 15 is 0 Å². The third kappa shape index (κ3) is 10.0. The van der Waals surface area contributed by atoms with Gasteiger partial charge in [-0.3, -0.25) is 9.63 Å². The second kappa shape index (κ2) is 13.9. The smallest absolute Gasteiger partial charge is 0.317 e. The maximum absolute atomic E-state index is 13.2. The third-order valence-electron chi connectivity index (χ3n) is 7.91. The number of hydroxylamine groups is 2. The van der Waals surface area contributed by atoms with Crippen LogP contribution in [0.1, 0.15) is 85.6 Å². The van der Waals surface area contributed by atoms with Crippen molar-refractivity contribution >= 4 is 20.8 Å². The molecule has 2 rings (SSSR count). The number of rotatable bonds is 12. The van der Waals surface area contributed by atoms with E-state index < -0.39 is 20.0 Å². The first-order valence-corrected chi connectivity index (χ1v) is 17.2. The molecular weight excluding hydrogens is 494 g/mol. The molecule has 0 heterocycles. The zero-order valence-electron chi connectivity index (χ0n) is 25.4. The Labute approximate surface area is 232 Å². The molecule has 1 aromatic carbocycles. The molecule has 2 unspecified atom stereocenters. The van der Waals surface area contributed by atoms with Gasteiger partial charge in [-0.15, -0.1) is 0 Å². The number of nitrogens with one attached hydrogen (secondary N) is 1. The Morgan fingerprint density at radius 2 is 1.68 bits per heavy atom. The number of urea groups is 1. The van der Waals surface area contributed by atoms with Crippen LogP contribution in [-0.2, 0) is 20.6 Å². The van der Waals surface area contributed by atoms with Crippen molar-refractivity contribution in [1.82, 2.24) is 15.3 Å². The molecule has 7 nitrogen and oxygen atoms in total. The molecule has 0 bridgehead atoms. The zero-order valence-corrected chi connectivity index (χ0v) is 26.4. The molecule has 8 heteroatoms. The Hall–Kier alpha value is -1.90. The molecule has 1 fully saturated rings. The van der Waals surface area contributed by atoms with Crippen LogP contribution in [0.3, 0.4) is 0 Å². The molecule has 0 aromatic heterocycles. The van der Waals surface area contributed by atoms with Crippen molar-refractivity contribution in [2.75, 3.05) is 13.6 Å². The van der Waals surface area contributed by atoms with Crippen LogP contribution < -0.4 is 5.32 Å². The lowest BCUT2D eigenvalue weighted by atomic mass is 9.83. The molecule has 38 heavy (non-hydrogen) atoms. The lowest BCUT2D eigenvalue weighted by Gasteiger charge is -2.46. The van der Waals surface area contributed by atoms with E-state index in [1.165, 1.54) is 24.3 Å². The van der Waals surface area contributed by atoms with Crippen LogP contribution >= 0.6 is 0 Å². The maximum Gasteiger partial charge on any atom is 0.317 e. The van der Waals surface area contributed by atoms with Crippen LogP contribution in [-0.4, -0.2) is 62.1 Å². The molecular formula is C30H53N3O4Si. The van der Waals surface area contributed by atoms with Gasteiger partial charge >= 0.3 is 6.03 Å². The van der Waals surface area contributed by atoms with E-state index in [0.29, 0.717) is 19.0 Å². The summed E-state index contributed by atoms with van der Waals surface area (Å²) >= 11 is 0. The lowest BCUT2D eigenvalue weighted by Crippen LogP contribution is -2.57. The Morgan fingerprint density at radius 3 is 2.18 bits per heavy atom. The molecule has 1 aliphatic carbocycles. The minimum absolute atomic E-state index is 0.0329. The topological polar surface area (TPSA) is 71.1 Å². The second-order valence-corrected chi connectivity index (χ2v) is 18.1. The number of carbonyl (C=O) groups excluding carboxylic acids is 2. The van der Waals surface area contributed by atoms with Crippen LogP contribution in [0, 0.1) is 5.92 Å². The molecule has 1 N–H and O–H groups in total. The van der Waals surface area contributed by atoms with Crippen LogP contribution in [0.4, 0.5) is 4.79 Å². The second-order valence-electron chi connectivity index (χ2n) is 13.3. The van der Waals surface area contributed by atoms with Crippen molar-refractivity contribution in [1.29, 1.82) is 0 Å². The minimum Gasteiger partial charge on any atom is -0.410 e. The minimum atomic E-state index is -2.27. The highest BCUT2D eigenvalue weighted by atomic mass is 28.4. The fraction of sp³-hybridized carbons (Fsp3) is 0.733. The number of carbonyl (C=O) groups is 2. The summed E-state index contributed by atoms with van der Waals surface area (Å²) in [6.45, 7) is 17.8. The first kappa shape index (κ1) is 32.3. The molecule has 3 amide bonds. The predicted molar refractivity (Wildman–Crippen MR) is 157 cm³/mol. The molecule has 1 aromatic rings. The monoisotopic (exact) mass is 547 g/mol. The molecule has 0 radical (unpaired) electrons. The number of amides is 3. The number of benzene rings is 1. The van der Waals surface area contributed by atoms with E-state index in [0.717, 1.165) is 31.2 Å². The van der Waals surface area contributed by atoms with Crippen LogP contribution in [0.15, 0.2) is 30.3 Å². The van der Waals surface area contributed by atoms with Crippen molar-refractivity contribution in [3.8, 4) is 0 Å². The molecule has 216 valence electrons. The average Bonchev–Trinajstić information content (AvgIpc) is 2.84. The Kier molecular flexibility index (Phi) is 11.9. The average molecular weight is 548 g/mol. The van der Waals surface area contributed by atoms with Gasteiger partial charge in [0, 0.05) is 20.1 Å². The molecule has 0 saturated heterocycles. The van der Waals surface area contributed by atoms with Crippen LogP contribution in [0.2, 0.25) is 18.1 Å². The van der Waals surface area contributed by atoms with Crippen molar-refractivity contribution in [2.45, 2.75) is 122 Å². The highest BCUT2D eigenvalue weighted by Gasteiger charge is 2.44. The summed E-state index contributed by atoms with van der Waals surface area (Å²) in [5, 5.41) is 4.28. The summed E-state index contributed by atoms with van der Waals surface area (Å²) in [5.74, 6) is 0.493. The molecule has 1 saturated carbocycles. The summed E-state index contributed by atoms with van der Waals surface area (Å²) in [7, 11) is -0.617. The van der Waals surface area contributed by atoms with Crippen LogP contribution in [0.5, 0.6) is 0 Å². The van der Waals surface area contributed by atoms with E-state index in [-0.39, 0.29) is 17.1 Å². The van der Waals surface area contributed by atoms with Crippen molar-refractivity contribution in [2.24, 2.45) is 5.92 Å². The van der Waals surface area contributed by atoms with Gasteiger partial charge in [0.25, 0.3) is 0 Å². The van der Waals surface area contributed by atoms with Crippen molar-refractivity contribution in [3.05, 3.63) is 35.9 Å². The number of hydrogen-bond donors (Lipinski definition) is 1. The summed E-state index contributed by atoms with van der Waals surface area (Å²) in [4.78, 5) is 33.8. The Morgan fingerprint density at radius 1 is 1.08 bits per heavy atom. The standard InChI is InChI=1S/C30H53N3O4Si/c1-29(2,3)37-33(23-34)26(20-24-16-12-10-13-17-24)27(36-38(8,9)30(4,5)6)22-32(28(35)31-7)21-25-18-14-11-15-19-25/h11,14-15,18-19,23-24,26-27H,10,12-13,16-17,20-22H2,1-9H3,(H,31,35). The first-order chi connectivity index (χ1) is 17.7. The summed E-state index contributed by atoms with van der Waals surface area (Å²) in [6.07, 6.45) is 7.19. The van der Waals surface area contributed by atoms with Crippen molar-refractivity contribution in [3.63, 3.8) is 0 Å². The van der Waals surface area contributed by atoms with Gasteiger partial charge in [0.05, 0.1) is 17.7 Å².